The Kier molecular flexibility index (Phi) is 6.08. The van der Waals surface area contributed by atoms with Gasteiger partial charge in [0.1, 0.15) is 0 Å². The average Bonchev–Trinajstić information content (AvgIpc) is 3.08. The van der Waals surface area contributed by atoms with Crippen LogP contribution < -0.4 is 10.6 Å². The van der Waals surface area contributed by atoms with Gasteiger partial charge in [-0.1, -0.05) is 47.7 Å². The van der Waals surface area contributed by atoms with E-state index >= 15 is 0 Å². The second kappa shape index (κ2) is 8.50. The van der Waals surface area contributed by atoms with Gasteiger partial charge in [0, 0.05) is 6.54 Å². The summed E-state index contributed by atoms with van der Waals surface area (Å²) in [4.78, 5) is 12.6. The second-order valence-electron chi connectivity index (χ2n) is 6.77. The number of fused-ring (bicyclic) bond motifs is 1. The number of aromatic nitrogens is 3. The zero-order chi connectivity index (χ0) is 17.9. The van der Waals surface area contributed by atoms with Crippen molar-refractivity contribution in [3.05, 3.63) is 59.4 Å². The monoisotopic (exact) mass is 385 g/mol. The molecule has 7 heteroatoms. The lowest BCUT2D eigenvalue weighted by Gasteiger charge is -2.23. The molecule has 0 radical (unpaired) electrons. The Morgan fingerprint density at radius 2 is 1.93 bits per heavy atom. The molecule has 1 aromatic heterocycles. The predicted molar refractivity (Wildman–Crippen MR) is 108 cm³/mol. The molecule has 2 N–H and O–H groups in total. The van der Waals surface area contributed by atoms with Gasteiger partial charge >= 0.3 is 0 Å². The molecule has 4 rings (SSSR count). The molecule has 0 aliphatic carbocycles. The molecule has 0 saturated carbocycles. The Bertz CT molecular complexity index is 928. The summed E-state index contributed by atoms with van der Waals surface area (Å²) in [5.74, 6) is -0.171. The first-order valence-corrected chi connectivity index (χ1v) is 9.11. The SMILES string of the molecule is Cc1c(C(=O)NCc2cccc3ccccc23)nnn1C1CCNCC1.Cl. The van der Waals surface area contributed by atoms with Crippen LogP contribution >= 0.6 is 12.4 Å². The molecular formula is C20H24ClN5O. The molecule has 0 bridgehead atoms. The van der Waals surface area contributed by atoms with Crippen molar-refractivity contribution in [1.29, 1.82) is 0 Å². The number of benzene rings is 2. The van der Waals surface area contributed by atoms with Gasteiger partial charge in [0.05, 0.1) is 11.7 Å². The molecular weight excluding hydrogens is 362 g/mol. The van der Waals surface area contributed by atoms with E-state index in [1.54, 1.807) is 0 Å². The molecule has 1 aliphatic heterocycles. The van der Waals surface area contributed by atoms with Gasteiger partial charge in [0.15, 0.2) is 5.69 Å². The molecule has 2 heterocycles. The van der Waals surface area contributed by atoms with Crippen LogP contribution in [0, 0.1) is 6.92 Å². The van der Waals surface area contributed by atoms with Gasteiger partial charge in [-0.05, 0) is 49.2 Å². The summed E-state index contributed by atoms with van der Waals surface area (Å²) in [7, 11) is 0. The maximum absolute atomic E-state index is 12.6. The van der Waals surface area contributed by atoms with Crippen molar-refractivity contribution in [2.75, 3.05) is 13.1 Å². The number of piperidine rings is 1. The largest absolute Gasteiger partial charge is 0.346 e. The van der Waals surface area contributed by atoms with Gasteiger partial charge in [-0.2, -0.15) is 0 Å². The molecule has 0 spiro atoms. The van der Waals surface area contributed by atoms with Crippen LogP contribution in [0.5, 0.6) is 0 Å². The minimum atomic E-state index is -0.171. The zero-order valence-electron chi connectivity index (χ0n) is 15.3. The highest BCUT2D eigenvalue weighted by molar-refractivity contribution is 5.93. The Hall–Kier alpha value is -2.44. The number of nitrogens with zero attached hydrogens (tertiary/aromatic N) is 3. The van der Waals surface area contributed by atoms with Gasteiger partial charge in [-0.3, -0.25) is 4.79 Å². The van der Waals surface area contributed by atoms with Gasteiger partial charge in [0.2, 0.25) is 0 Å². The lowest BCUT2D eigenvalue weighted by Crippen LogP contribution is -2.30. The van der Waals surface area contributed by atoms with E-state index in [9.17, 15) is 4.79 Å². The Labute approximate surface area is 164 Å². The first kappa shape index (κ1) is 19.3. The topological polar surface area (TPSA) is 71.8 Å². The molecule has 0 atom stereocenters. The van der Waals surface area contributed by atoms with E-state index in [-0.39, 0.29) is 18.3 Å². The molecule has 1 aliphatic rings. The van der Waals surface area contributed by atoms with Crippen molar-refractivity contribution in [3.63, 3.8) is 0 Å². The number of nitrogens with one attached hydrogen (secondary N) is 2. The summed E-state index contributed by atoms with van der Waals surface area (Å²) in [6.07, 6.45) is 2.03. The average molecular weight is 386 g/mol. The summed E-state index contributed by atoms with van der Waals surface area (Å²) in [5.41, 5.74) is 2.36. The first-order valence-electron chi connectivity index (χ1n) is 9.11. The molecule has 1 fully saturated rings. The van der Waals surface area contributed by atoms with Crippen LogP contribution in [0.2, 0.25) is 0 Å². The van der Waals surface area contributed by atoms with Crippen LogP contribution in [-0.4, -0.2) is 34.0 Å². The van der Waals surface area contributed by atoms with Crippen LogP contribution in [0.25, 0.3) is 10.8 Å². The summed E-state index contributed by atoms with van der Waals surface area (Å²) in [6.45, 7) is 4.36. The minimum Gasteiger partial charge on any atom is -0.346 e. The van der Waals surface area contributed by atoms with Crippen molar-refractivity contribution in [1.82, 2.24) is 25.6 Å². The van der Waals surface area contributed by atoms with Crippen molar-refractivity contribution in [2.24, 2.45) is 0 Å². The standard InChI is InChI=1S/C20H23N5O.ClH/c1-14-19(23-24-25(14)17-9-11-21-12-10-17)20(26)22-13-16-7-4-6-15-5-2-3-8-18(15)16;/h2-8,17,21H,9-13H2,1H3,(H,22,26);1H. The number of carbonyl (C=O) groups excluding carboxylic acids is 1. The Balaban J connectivity index is 0.00000210. The quantitative estimate of drug-likeness (QED) is 0.724. The molecule has 1 amide bonds. The molecule has 6 nitrogen and oxygen atoms in total. The van der Waals surface area contributed by atoms with E-state index in [4.69, 9.17) is 0 Å². The van der Waals surface area contributed by atoms with Crippen molar-refractivity contribution >= 4 is 29.1 Å². The summed E-state index contributed by atoms with van der Waals surface area (Å²) >= 11 is 0. The molecule has 1 saturated heterocycles. The fourth-order valence-electron chi connectivity index (χ4n) is 3.65. The van der Waals surface area contributed by atoms with E-state index in [1.165, 1.54) is 5.39 Å². The van der Waals surface area contributed by atoms with Gasteiger partial charge in [-0.25, -0.2) is 4.68 Å². The van der Waals surface area contributed by atoms with Crippen molar-refractivity contribution < 1.29 is 4.79 Å². The van der Waals surface area contributed by atoms with Crippen LogP contribution in [-0.2, 0) is 6.54 Å². The maximum Gasteiger partial charge on any atom is 0.274 e. The van der Waals surface area contributed by atoms with Crippen LogP contribution in [0.1, 0.15) is 40.6 Å². The highest BCUT2D eigenvalue weighted by Gasteiger charge is 2.22. The number of carbonyl (C=O) groups is 1. The third kappa shape index (κ3) is 3.96. The highest BCUT2D eigenvalue weighted by atomic mass is 35.5. The molecule has 142 valence electrons. The number of amides is 1. The van der Waals surface area contributed by atoms with Gasteiger partial charge < -0.3 is 10.6 Å². The highest BCUT2D eigenvalue weighted by Crippen LogP contribution is 2.21. The first-order chi connectivity index (χ1) is 12.7. The fourth-order valence-corrected chi connectivity index (χ4v) is 3.65. The smallest absolute Gasteiger partial charge is 0.274 e. The Morgan fingerprint density at radius 1 is 1.19 bits per heavy atom. The summed E-state index contributed by atoms with van der Waals surface area (Å²) in [6, 6.07) is 14.7. The normalized spacial score (nSPS) is 14.7. The van der Waals surface area contributed by atoms with Gasteiger partial charge in [-0.15, -0.1) is 17.5 Å². The zero-order valence-corrected chi connectivity index (χ0v) is 16.1. The third-order valence-corrected chi connectivity index (χ3v) is 5.12. The van der Waals surface area contributed by atoms with E-state index in [0.717, 1.165) is 42.6 Å². The number of halogens is 1. The number of rotatable bonds is 4. The van der Waals surface area contributed by atoms with Gasteiger partial charge in [0.25, 0.3) is 5.91 Å². The molecule has 3 aromatic rings. The fraction of sp³-hybridized carbons (Fsp3) is 0.350. The Morgan fingerprint density at radius 3 is 2.74 bits per heavy atom. The van der Waals surface area contributed by atoms with Crippen LogP contribution in [0.15, 0.2) is 42.5 Å². The third-order valence-electron chi connectivity index (χ3n) is 5.12. The lowest BCUT2D eigenvalue weighted by molar-refractivity contribution is 0.0945. The van der Waals surface area contributed by atoms with Crippen molar-refractivity contribution in [3.8, 4) is 0 Å². The van der Waals surface area contributed by atoms with Crippen molar-refractivity contribution in [2.45, 2.75) is 32.4 Å². The summed E-state index contributed by atoms with van der Waals surface area (Å²) < 4.78 is 1.91. The van der Waals surface area contributed by atoms with E-state index < -0.39 is 0 Å². The van der Waals surface area contributed by atoms with Crippen LogP contribution in [0.4, 0.5) is 0 Å². The van der Waals surface area contributed by atoms with E-state index in [2.05, 4.69) is 39.1 Å². The molecule has 27 heavy (non-hydrogen) atoms. The predicted octanol–water partition coefficient (Wildman–Crippen LogP) is 3.02. The molecule has 2 aromatic carbocycles. The minimum absolute atomic E-state index is 0. The summed E-state index contributed by atoms with van der Waals surface area (Å²) in [5, 5.41) is 17.1. The van der Waals surface area contributed by atoms with Crippen LogP contribution in [0.3, 0.4) is 0 Å². The van der Waals surface area contributed by atoms with E-state index in [1.807, 2.05) is 35.9 Å². The van der Waals surface area contributed by atoms with E-state index in [0.29, 0.717) is 18.3 Å². The molecule has 0 unspecified atom stereocenters. The number of hydrogen-bond acceptors (Lipinski definition) is 4. The maximum atomic E-state index is 12.6. The lowest BCUT2D eigenvalue weighted by atomic mass is 10.0. The number of hydrogen-bond donors (Lipinski definition) is 2. The second-order valence-corrected chi connectivity index (χ2v) is 6.77.